The average molecular weight is 314 g/mol. The van der Waals surface area contributed by atoms with Crippen molar-refractivity contribution in [1.82, 2.24) is 9.55 Å². The molecule has 0 bridgehead atoms. The quantitative estimate of drug-likeness (QED) is 0.786. The molecule has 2 heterocycles. The molecule has 0 spiro atoms. The van der Waals surface area contributed by atoms with Gasteiger partial charge in [-0.2, -0.15) is 0 Å². The van der Waals surface area contributed by atoms with Crippen molar-refractivity contribution in [1.29, 1.82) is 0 Å². The van der Waals surface area contributed by atoms with Crippen LogP contribution in [0.3, 0.4) is 0 Å². The van der Waals surface area contributed by atoms with Gasteiger partial charge in [0.05, 0.1) is 19.3 Å². The van der Waals surface area contributed by atoms with Crippen molar-refractivity contribution in [2.45, 2.75) is 24.9 Å². The van der Waals surface area contributed by atoms with Crippen molar-refractivity contribution in [2.24, 2.45) is 0 Å². The first kappa shape index (κ1) is 12.2. The summed E-state index contributed by atoms with van der Waals surface area (Å²) in [5.74, 6) is 0.567. The Kier molecular flexibility index (Phi) is 3.39. The first-order valence-electron chi connectivity index (χ1n) is 6.28. The van der Waals surface area contributed by atoms with Gasteiger partial charge < -0.3 is 14.2 Å². The minimum Gasteiger partial charge on any atom is -0.377 e. The lowest BCUT2D eigenvalue weighted by Crippen LogP contribution is -2.49. The zero-order valence-corrected chi connectivity index (χ0v) is 11.7. The van der Waals surface area contributed by atoms with Gasteiger partial charge in [0.2, 0.25) is 0 Å². The van der Waals surface area contributed by atoms with E-state index in [9.17, 15) is 4.79 Å². The smallest absolute Gasteiger partial charge is 0.293 e. The molecule has 0 aromatic carbocycles. The molecule has 5 nitrogen and oxygen atoms in total. The van der Waals surface area contributed by atoms with Crippen LogP contribution in [0.1, 0.15) is 18.9 Å². The van der Waals surface area contributed by atoms with Gasteiger partial charge in [-0.05, 0) is 12.8 Å². The van der Waals surface area contributed by atoms with E-state index in [-0.39, 0.29) is 11.6 Å². The zero-order chi connectivity index (χ0) is 12.5. The van der Waals surface area contributed by atoms with Crippen LogP contribution in [-0.4, -0.2) is 40.7 Å². The summed E-state index contributed by atoms with van der Waals surface area (Å²) >= 11 is 3.47. The molecule has 1 aromatic rings. The third-order valence-corrected chi connectivity index (χ3v) is 4.22. The number of alkyl halides is 1. The minimum atomic E-state index is 0.0350. The third kappa shape index (κ3) is 2.19. The molecule has 1 unspecified atom stereocenters. The minimum absolute atomic E-state index is 0.0350. The van der Waals surface area contributed by atoms with E-state index >= 15 is 0 Å². The molecule has 98 valence electrons. The Hall–Kier alpha value is -0.880. The second-order valence-corrected chi connectivity index (χ2v) is 5.42. The lowest BCUT2D eigenvalue weighted by molar-refractivity contribution is 0.0998. The van der Waals surface area contributed by atoms with Crippen molar-refractivity contribution < 1.29 is 4.74 Å². The fourth-order valence-electron chi connectivity index (χ4n) is 2.31. The molecule has 3 rings (SSSR count). The second-order valence-electron chi connectivity index (χ2n) is 4.77. The summed E-state index contributed by atoms with van der Waals surface area (Å²) in [5, 5.41) is 0.784. The van der Waals surface area contributed by atoms with Crippen molar-refractivity contribution in [3.63, 3.8) is 0 Å². The summed E-state index contributed by atoms with van der Waals surface area (Å²) in [4.78, 5) is 18.8. The van der Waals surface area contributed by atoms with Gasteiger partial charge in [0.25, 0.3) is 5.56 Å². The van der Waals surface area contributed by atoms with Crippen LogP contribution in [-0.2, 0) is 4.74 Å². The lowest BCUT2D eigenvalue weighted by atomic mass is 10.2. The second kappa shape index (κ2) is 5.01. The van der Waals surface area contributed by atoms with E-state index in [0.29, 0.717) is 25.1 Å². The summed E-state index contributed by atoms with van der Waals surface area (Å²) in [6.45, 7) is 2.03. The van der Waals surface area contributed by atoms with Gasteiger partial charge in [0, 0.05) is 30.3 Å². The lowest BCUT2D eigenvalue weighted by Gasteiger charge is -2.35. The fourth-order valence-corrected chi connectivity index (χ4v) is 2.85. The zero-order valence-electron chi connectivity index (χ0n) is 10.1. The van der Waals surface area contributed by atoms with Crippen LogP contribution in [0, 0.1) is 0 Å². The summed E-state index contributed by atoms with van der Waals surface area (Å²) in [5.41, 5.74) is 0.0350. The molecule has 1 aliphatic carbocycles. The number of rotatable bonds is 3. The molecule has 1 saturated heterocycles. The number of hydrogen-bond acceptors (Lipinski definition) is 4. The standard InChI is InChI=1S/C12H16BrN3O2/c13-7-10-8-18-6-5-15(10)11-12(17)16(4-3-14-11)9-1-2-9/h3-4,9-10H,1-2,5-8H2. The maximum atomic E-state index is 12.4. The molecule has 0 amide bonds. The highest BCUT2D eigenvalue weighted by atomic mass is 79.9. The van der Waals surface area contributed by atoms with Crippen LogP contribution in [0.25, 0.3) is 0 Å². The highest BCUT2D eigenvalue weighted by Gasteiger charge is 2.29. The van der Waals surface area contributed by atoms with Gasteiger partial charge in [0.1, 0.15) is 0 Å². The number of anilines is 1. The number of hydrogen-bond donors (Lipinski definition) is 0. The average Bonchev–Trinajstić information content (AvgIpc) is 3.23. The van der Waals surface area contributed by atoms with Crippen LogP contribution in [0.15, 0.2) is 17.2 Å². The maximum absolute atomic E-state index is 12.4. The van der Waals surface area contributed by atoms with E-state index in [1.54, 1.807) is 12.4 Å². The molecule has 18 heavy (non-hydrogen) atoms. The van der Waals surface area contributed by atoms with Gasteiger partial charge in [-0.1, -0.05) is 15.9 Å². The Morgan fingerprint density at radius 2 is 2.33 bits per heavy atom. The van der Waals surface area contributed by atoms with Gasteiger partial charge in [-0.15, -0.1) is 0 Å². The van der Waals surface area contributed by atoms with Crippen molar-refractivity contribution in [3.8, 4) is 0 Å². The topological polar surface area (TPSA) is 47.4 Å². The van der Waals surface area contributed by atoms with E-state index in [2.05, 4.69) is 25.8 Å². The van der Waals surface area contributed by atoms with Crippen molar-refractivity contribution in [3.05, 3.63) is 22.7 Å². The molecular formula is C12H16BrN3O2. The highest BCUT2D eigenvalue weighted by molar-refractivity contribution is 9.09. The molecule has 0 N–H and O–H groups in total. The Morgan fingerprint density at radius 1 is 1.50 bits per heavy atom. The maximum Gasteiger partial charge on any atom is 0.293 e. The molecule has 2 fully saturated rings. The van der Waals surface area contributed by atoms with Crippen LogP contribution in [0.5, 0.6) is 0 Å². The molecular weight excluding hydrogens is 298 g/mol. The summed E-state index contributed by atoms with van der Waals surface area (Å²) < 4.78 is 7.27. The monoisotopic (exact) mass is 313 g/mol. The molecule has 1 saturated carbocycles. The van der Waals surface area contributed by atoms with Gasteiger partial charge in [0.15, 0.2) is 5.82 Å². The van der Waals surface area contributed by atoms with Crippen LogP contribution in [0.4, 0.5) is 5.82 Å². The molecule has 1 aliphatic heterocycles. The summed E-state index contributed by atoms with van der Waals surface area (Å²) in [6.07, 6.45) is 5.74. The number of halogens is 1. The van der Waals surface area contributed by atoms with Gasteiger partial charge >= 0.3 is 0 Å². The summed E-state index contributed by atoms with van der Waals surface area (Å²) in [7, 11) is 0. The predicted molar refractivity (Wildman–Crippen MR) is 72.5 cm³/mol. The molecule has 2 aliphatic rings. The third-order valence-electron chi connectivity index (χ3n) is 3.47. The number of aromatic nitrogens is 2. The van der Waals surface area contributed by atoms with Crippen molar-refractivity contribution in [2.75, 3.05) is 30.0 Å². The van der Waals surface area contributed by atoms with Crippen molar-refractivity contribution >= 4 is 21.7 Å². The normalized spacial score (nSPS) is 24.3. The highest BCUT2D eigenvalue weighted by Crippen LogP contribution is 2.33. The first-order chi connectivity index (χ1) is 8.81. The van der Waals surface area contributed by atoms with E-state index in [1.807, 2.05) is 4.57 Å². The number of morpholine rings is 1. The Morgan fingerprint density at radius 3 is 3.06 bits per heavy atom. The van der Waals surface area contributed by atoms with Crippen LogP contribution < -0.4 is 10.5 Å². The first-order valence-corrected chi connectivity index (χ1v) is 7.41. The number of nitrogens with zero attached hydrogens (tertiary/aromatic N) is 3. The fraction of sp³-hybridized carbons (Fsp3) is 0.667. The Balaban J connectivity index is 1.95. The van der Waals surface area contributed by atoms with E-state index < -0.39 is 0 Å². The largest absolute Gasteiger partial charge is 0.377 e. The van der Waals surface area contributed by atoms with Gasteiger partial charge in [-0.3, -0.25) is 4.79 Å². The Labute approximate surface area is 114 Å². The van der Waals surface area contributed by atoms with Crippen LogP contribution in [0.2, 0.25) is 0 Å². The van der Waals surface area contributed by atoms with E-state index in [4.69, 9.17) is 4.74 Å². The Bertz CT molecular complexity index is 486. The van der Waals surface area contributed by atoms with Crippen LogP contribution >= 0.6 is 15.9 Å². The van der Waals surface area contributed by atoms with E-state index in [1.165, 1.54) is 0 Å². The van der Waals surface area contributed by atoms with Gasteiger partial charge in [-0.25, -0.2) is 4.98 Å². The predicted octanol–water partition coefficient (Wildman–Crippen LogP) is 1.18. The SMILES string of the molecule is O=c1c(N2CCOCC2CBr)nccn1C1CC1. The summed E-state index contributed by atoms with van der Waals surface area (Å²) in [6, 6.07) is 0.580. The molecule has 1 aromatic heterocycles. The molecule has 6 heteroatoms. The molecule has 1 atom stereocenters. The van der Waals surface area contributed by atoms with E-state index in [0.717, 1.165) is 24.7 Å². The number of ether oxygens (including phenoxy) is 1. The molecule has 0 radical (unpaired) electrons.